The van der Waals surface area contributed by atoms with Crippen LogP contribution in [-0.2, 0) is 19.1 Å². The summed E-state index contributed by atoms with van der Waals surface area (Å²) in [5, 5.41) is 11.5. The van der Waals surface area contributed by atoms with Crippen LogP contribution in [0.3, 0.4) is 0 Å². The maximum Gasteiger partial charge on any atom is 0.326 e. The molecule has 2 atom stereocenters. The Morgan fingerprint density at radius 1 is 1.30 bits per heavy atom. The molecule has 0 aliphatic rings. The van der Waals surface area contributed by atoms with Gasteiger partial charge in [0.05, 0.1) is 11.7 Å². The van der Waals surface area contributed by atoms with Gasteiger partial charge in [0.2, 0.25) is 5.91 Å². The number of carboxylic acid groups (broad SMARTS) is 1. The van der Waals surface area contributed by atoms with Crippen LogP contribution < -0.4 is 5.32 Å². The molecule has 0 heterocycles. The minimum absolute atomic E-state index is 0.0201. The molecular weight excluding hydrogens is 262 g/mol. The van der Waals surface area contributed by atoms with E-state index in [1.54, 1.807) is 0 Å². The quantitative estimate of drug-likeness (QED) is 0.673. The van der Waals surface area contributed by atoms with Crippen molar-refractivity contribution in [1.82, 2.24) is 5.32 Å². The molecular formula is C14H27NO5. The number of hydrogen-bond acceptors (Lipinski definition) is 4. The smallest absolute Gasteiger partial charge is 0.326 e. The predicted molar refractivity (Wildman–Crippen MR) is 75.6 cm³/mol. The third-order valence-electron chi connectivity index (χ3n) is 2.65. The molecule has 6 nitrogen and oxygen atoms in total. The summed E-state index contributed by atoms with van der Waals surface area (Å²) in [7, 11) is 0. The number of aliphatic carboxylic acids is 1. The van der Waals surface area contributed by atoms with Crippen LogP contribution in [0.4, 0.5) is 0 Å². The molecule has 20 heavy (non-hydrogen) atoms. The number of nitrogens with one attached hydrogen (secondary N) is 1. The fourth-order valence-electron chi connectivity index (χ4n) is 1.31. The van der Waals surface area contributed by atoms with Crippen molar-refractivity contribution >= 4 is 11.9 Å². The molecule has 0 rings (SSSR count). The molecule has 2 unspecified atom stereocenters. The van der Waals surface area contributed by atoms with Gasteiger partial charge in [-0.25, -0.2) is 4.79 Å². The first kappa shape index (κ1) is 18.9. The fraction of sp³-hybridized carbons (Fsp3) is 0.857. The van der Waals surface area contributed by atoms with Crippen LogP contribution in [-0.4, -0.2) is 47.9 Å². The summed E-state index contributed by atoms with van der Waals surface area (Å²) < 4.78 is 10.7. The average Bonchev–Trinajstić information content (AvgIpc) is 2.33. The molecule has 0 aliphatic heterocycles. The van der Waals surface area contributed by atoms with E-state index in [-0.39, 0.29) is 31.3 Å². The zero-order chi connectivity index (χ0) is 15.8. The van der Waals surface area contributed by atoms with Gasteiger partial charge >= 0.3 is 5.97 Å². The minimum atomic E-state index is -1.07. The van der Waals surface area contributed by atoms with Gasteiger partial charge in [0.1, 0.15) is 12.6 Å². The van der Waals surface area contributed by atoms with Crippen molar-refractivity contribution in [3.05, 3.63) is 0 Å². The summed E-state index contributed by atoms with van der Waals surface area (Å²) >= 11 is 0. The molecule has 0 aromatic rings. The van der Waals surface area contributed by atoms with Crippen molar-refractivity contribution in [1.29, 1.82) is 0 Å². The van der Waals surface area contributed by atoms with Crippen LogP contribution in [0.1, 0.15) is 47.5 Å². The zero-order valence-corrected chi connectivity index (χ0v) is 13.1. The van der Waals surface area contributed by atoms with Gasteiger partial charge in [-0.05, 0) is 34.1 Å². The Kier molecular flexibility index (Phi) is 8.41. The van der Waals surface area contributed by atoms with Gasteiger partial charge in [-0.2, -0.15) is 0 Å². The van der Waals surface area contributed by atoms with E-state index < -0.39 is 17.9 Å². The van der Waals surface area contributed by atoms with Crippen molar-refractivity contribution in [3.63, 3.8) is 0 Å². The Bertz CT molecular complexity index is 311. The maximum atomic E-state index is 11.6. The first-order valence-corrected chi connectivity index (χ1v) is 6.93. The second-order valence-corrected chi connectivity index (χ2v) is 5.74. The Morgan fingerprint density at radius 3 is 2.35 bits per heavy atom. The van der Waals surface area contributed by atoms with Crippen LogP contribution in [0.25, 0.3) is 0 Å². The third kappa shape index (κ3) is 9.75. The topological polar surface area (TPSA) is 84.9 Å². The molecule has 0 aliphatic carbocycles. The minimum Gasteiger partial charge on any atom is -0.480 e. The highest BCUT2D eigenvalue weighted by molar-refractivity contribution is 5.84. The van der Waals surface area contributed by atoms with Crippen molar-refractivity contribution in [2.75, 3.05) is 13.2 Å². The van der Waals surface area contributed by atoms with E-state index in [4.69, 9.17) is 14.6 Å². The van der Waals surface area contributed by atoms with Gasteiger partial charge in [0, 0.05) is 13.0 Å². The van der Waals surface area contributed by atoms with Gasteiger partial charge in [-0.15, -0.1) is 0 Å². The van der Waals surface area contributed by atoms with Crippen LogP contribution >= 0.6 is 0 Å². The van der Waals surface area contributed by atoms with Crippen molar-refractivity contribution in [2.45, 2.75) is 65.2 Å². The zero-order valence-electron chi connectivity index (χ0n) is 13.1. The summed E-state index contributed by atoms with van der Waals surface area (Å²) in [5.74, 6) is -1.49. The van der Waals surface area contributed by atoms with Gasteiger partial charge < -0.3 is 19.9 Å². The van der Waals surface area contributed by atoms with Gasteiger partial charge in [-0.3, -0.25) is 4.79 Å². The number of carbonyl (C=O) groups is 2. The Balaban J connectivity index is 4.14. The standard InChI is InChI=1S/C14H27NO5/c1-6-10(2)19-9-12(16)15-11(13(17)18)7-8-20-14(3,4)5/h10-11H,6-9H2,1-5H3,(H,15,16)(H,17,18). The second-order valence-electron chi connectivity index (χ2n) is 5.74. The molecule has 0 aromatic carbocycles. The number of amides is 1. The van der Waals surface area contributed by atoms with Crippen LogP contribution in [0.5, 0.6) is 0 Å². The summed E-state index contributed by atoms with van der Waals surface area (Å²) in [6.07, 6.45) is 1.00. The van der Waals surface area contributed by atoms with Crippen LogP contribution in [0.15, 0.2) is 0 Å². The average molecular weight is 289 g/mol. The van der Waals surface area contributed by atoms with Gasteiger partial charge in [-0.1, -0.05) is 6.92 Å². The Labute approximate surface area is 120 Å². The van der Waals surface area contributed by atoms with E-state index in [1.165, 1.54) is 0 Å². The van der Waals surface area contributed by atoms with Crippen LogP contribution in [0.2, 0.25) is 0 Å². The number of hydrogen-bond donors (Lipinski definition) is 2. The summed E-state index contributed by atoms with van der Waals surface area (Å²) in [4.78, 5) is 22.7. The fourth-order valence-corrected chi connectivity index (χ4v) is 1.31. The second kappa shape index (κ2) is 8.92. The molecule has 0 fully saturated rings. The van der Waals surface area contributed by atoms with E-state index in [0.717, 1.165) is 6.42 Å². The van der Waals surface area contributed by atoms with E-state index in [9.17, 15) is 9.59 Å². The first-order chi connectivity index (χ1) is 9.15. The monoisotopic (exact) mass is 289 g/mol. The molecule has 0 saturated heterocycles. The number of carbonyl (C=O) groups excluding carboxylic acids is 1. The molecule has 0 spiro atoms. The van der Waals surface area contributed by atoms with E-state index in [2.05, 4.69) is 5.32 Å². The van der Waals surface area contributed by atoms with E-state index in [0.29, 0.717) is 0 Å². The van der Waals surface area contributed by atoms with Gasteiger partial charge in [0.15, 0.2) is 0 Å². The Morgan fingerprint density at radius 2 is 1.90 bits per heavy atom. The predicted octanol–water partition coefficient (Wildman–Crippen LogP) is 1.58. The number of ether oxygens (including phenoxy) is 2. The molecule has 0 saturated carbocycles. The lowest BCUT2D eigenvalue weighted by Gasteiger charge is -2.21. The first-order valence-electron chi connectivity index (χ1n) is 6.93. The van der Waals surface area contributed by atoms with E-state index in [1.807, 2.05) is 34.6 Å². The van der Waals surface area contributed by atoms with Crippen molar-refractivity contribution in [2.24, 2.45) is 0 Å². The lowest BCUT2D eigenvalue weighted by Crippen LogP contribution is -2.43. The highest BCUT2D eigenvalue weighted by Crippen LogP contribution is 2.08. The highest BCUT2D eigenvalue weighted by atomic mass is 16.5. The molecule has 1 amide bonds. The molecule has 0 aromatic heterocycles. The van der Waals surface area contributed by atoms with E-state index >= 15 is 0 Å². The summed E-state index contributed by atoms with van der Waals surface area (Å²) in [6.45, 7) is 9.63. The van der Waals surface area contributed by atoms with Crippen molar-refractivity contribution < 1.29 is 24.2 Å². The lowest BCUT2D eigenvalue weighted by molar-refractivity contribution is -0.143. The SMILES string of the molecule is CCC(C)OCC(=O)NC(CCOC(C)(C)C)C(=O)O. The number of carboxylic acids is 1. The highest BCUT2D eigenvalue weighted by Gasteiger charge is 2.21. The van der Waals surface area contributed by atoms with Crippen molar-refractivity contribution in [3.8, 4) is 0 Å². The number of rotatable bonds is 9. The molecule has 2 N–H and O–H groups in total. The summed E-state index contributed by atoms with van der Waals surface area (Å²) in [5.41, 5.74) is -0.327. The Hall–Kier alpha value is -1.14. The normalized spacial score (nSPS) is 14.7. The lowest BCUT2D eigenvalue weighted by atomic mass is 10.2. The van der Waals surface area contributed by atoms with Gasteiger partial charge in [0.25, 0.3) is 0 Å². The largest absolute Gasteiger partial charge is 0.480 e. The van der Waals surface area contributed by atoms with Crippen LogP contribution in [0, 0.1) is 0 Å². The summed E-state index contributed by atoms with van der Waals surface area (Å²) in [6, 6.07) is -0.953. The molecule has 0 radical (unpaired) electrons. The molecule has 6 heteroatoms. The third-order valence-corrected chi connectivity index (χ3v) is 2.65. The maximum absolute atomic E-state index is 11.6. The molecule has 0 bridgehead atoms. The molecule has 118 valence electrons.